The van der Waals surface area contributed by atoms with Crippen LogP contribution in [-0.4, -0.2) is 18.4 Å². The molecule has 3 nitrogen and oxygen atoms in total. The number of allylic oxidation sites excluding steroid dienone is 1. The zero-order valence-corrected chi connectivity index (χ0v) is 9.13. The van der Waals surface area contributed by atoms with Crippen molar-refractivity contribution in [3.8, 4) is 0 Å². The summed E-state index contributed by atoms with van der Waals surface area (Å²) in [6.07, 6.45) is 2.14. The van der Waals surface area contributed by atoms with Crippen LogP contribution in [0.2, 0.25) is 0 Å². The molecule has 0 aliphatic rings. The van der Waals surface area contributed by atoms with Gasteiger partial charge in [0.25, 0.3) is 0 Å². The van der Waals surface area contributed by atoms with Gasteiger partial charge in [-0.05, 0) is 26.3 Å². The van der Waals surface area contributed by atoms with Crippen molar-refractivity contribution in [3.05, 3.63) is 24.8 Å². The molecule has 0 spiro atoms. The van der Waals surface area contributed by atoms with Gasteiger partial charge in [-0.15, -0.1) is 0 Å². The Hall–Kier alpha value is -1.38. The maximum absolute atomic E-state index is 10.6. The first kappa shape index (κ1) is 15.1. The molecule has 0 N–H and O–H groups in total. The third kappa shape index (κ3) is 13.2. The zero-order valence-electron chi connectivity index (χ0n) is 9.13. The highest BCUT2D eigenvalue weighted by molar-refractivity contribution is 5.87. The normalized spacial score (nSPS) is 7.93. The van der Waals surface area contributed by atoms with Crippen LogP contribution in [0.3, 0.4) is 0 Å². The van der Waals surface area contributed by atoms with E-state index >= 15 is 0 Å². The van der Waals surface area contributed by atoms with E-state index in [4.69, 9.17) is 4.74 Å². The number of ketones is 1. The molecule has 0 rings (SSSR count). The summed E-state index contributed by atoms with van der Waals surface area (Å²) < 4.78 is 4.71. The second-order valence-electron chi connectivity index (χ2n) is 2.73. The number of esters is 1. The highest BCUT2D eigenvalue weighted by atomic mass is 16.5. The van der Waals surface area contributed by atoms with Gasteiger partial charge in [0.1, 0.15) is 0 Å². The van der Waals surface area contributed by atoms with Crippen LogP contribution in [0.4, 0.5) is 0 Å². The number of rotatable bonds is 4. The van der Waals surface area contributed by atoms with Gasteiger partial charge in [-0.3, -0.25) is 4.79 Å². The molecule has 0 aliphatic carbocycles. The first-order valence-electron chi connectivity index (χ1n) is 4.41. The first-order chi connectivity index (χ1) is 6.45. The zero-order chi connectivity index (χ0) is 11.6. The molecule has 3 heteroatoms. The third-order valence-electron chi connectivity index (χ3n) is 1.07. The van der Waals surface area contributed by atoms with Crippen molar-refractivity contribution in [2.24, 2.45) is 0 Å². The summed E-state index contributed by atoms with van der Waals surface area (Å²) >= 11 is 0. The van der Waals surface area contributed by atoms with E-state index in [1.807, 2.05) is 6.92 Å². The monoisotopic (exact) mass is 198 g/mol. The molecule has 0 fully saturated rings. The van der Waals surface area contributed by atoms with Gasteiger partial charge in [0.2, 0.25) is 0 Å². The van der Waals surface area contributed by atoms with Gasteiger partial charge in [-0.2, -0.15) is 0 Å². The highest BCUT2D eigenvalue weighted by Gasteiger charge is 1.99. The van der Waals surface area contributed by atoms with E-state index < -0.39 is 0 Å². The molecule has 0 saturated carbocycles. The Morgan fingerprint density at radius 2 is 1.79 bits per heavy atom. The Bertz CT molecular complexity index is 217. The smallest absolute Gasteiger partial charge is 0.333 e. The summed E-state index contributed by atoms with van der Waals surface area (Å²) in [6, 6.07) is 0. The molecule has 0 radical (unpaired) electrons. The molecule has 80 valence electrons. The van der Waals surface area contributed by atoms with Crippen LogP contribution in [0.25, 0.3) is 0 Å². The summed E-state index contributed by atoms with van der Waals surface area (Å²) in [5, 5.41) is 0. The van der Waals surface area contributed by atoms with Crippen molar-refractivity contribution in [1.82, 2.24) is 0 Å². The number of hydrogen-bond acceptors (Lipinski definition) is 3. The molecule has 14 heavy (non-hydrogen) atoms. The summed E-state index contributed by atoms with van der Waals surface area (Å²) in [7, 11) is 0. The van der Waals surface area contributed by atoms with E-state index in [1.54, 1.807) is 6.92 Å². The number of carbonyl (C=O) groups excluding carboxylic acids is 2. The highest BCUT2D eigenvalue weighted by Crippen LogP contribution is 1.91. The Morgan fingerprint density at radius 1 is 1.36 bits per heavy atom. The summed E-state index contributed by atoms with van der Waals surface area (Å²) in [4.78, 5) is 20.3. The van der Waals surface area contributed by atoms with E-state index in [0.717, 1.165) is 6.42 Å². The molecular weight excluding hydrogens is 180 g/mol. The van der Waals surface area contributed by atoms with Gasteiger partial charge >= 0.3 is 5.97 Å². The molecule has 0 aromatic heterocycles. The molecule has 0 saturated heterocycles. The van der Waals surface area contributed by atoms with E-state index in [2.05, 4.69) is 13.2 Å². The van der Waals surface area contributed by atoms with Crippen molar-refractivity contribution in [3.63, 3.8) is 0 Å². The lowest BCUT2D eigenvalue weighted by molar-refractivity contribution is -0.138. The summed E-state index contributed by atoms with van der Waals surface area (Å²) in [5.74, 6) is -0.276. The van der Waals surface area contributed by atoms with Crippen molar-refractivity contribution in [2.75, 3.05) is 6.61 Å². The molecule has 0 aromatic carbocycles. The average molecular weight is 198 g/mol. The van der Waals surface area contributed by atoms with Gasteiger partial charge in [0.05, 0.1) is 6.61 Å². The molecule has 0 aliphatic heterocycles. The van der Waals surface area contributed by atoms with Gasteiger partial charge in [0, 0.05) is 5.57 Å². The van der Waals surface area contributed by atoms with Gasteiger partial charge in [0.15, 0.2) is 5.78 Å². The number of ether oxygens (including phenoxy) is 1. The number of carbonyl (C=O) groups is 2. The standard InChI is InChI=1S/C7H12O2.C4H6O/c1-4-5-9-7(8)6(2)3;1-3-4(2)5/h2,4-5H2,1,3H3;3H,1H2,2H3. The fourth-order valence-electron chi connectivity index (χ4n) is 0.318. The van der Waals surface area contributed by atoms with E-state index in [-0.39, 0.29) is 11.8 Å². The second-order valence-corrected chi connectivity index (χ2v) is 2.73. The fraction of sp³-hybridized carbons (Fsp3) is 0.455. The Kier molecular flexibility index (Phi) is 10.5. The molecule has 0 bridgehead atoms. The predicted molar refractivity (Wildman–Crippen MR) is 56.9 cm³/mol. The third-order valence-corrected chi connectivity index (χ3v) is 1.07. The van der Waals surface area contributed by atoms with Crippen molar-refractivity contribution in [2.45, 2.75) is 27.2 Å². The summed E-state index contributed by atoms with van der Waals surface area (Å²) in [6.45, 7) is 12.2. The first-order valence-corrected chi connectivity index (χ1v) is 4.41. The minimum atomic E-state index is -0.295. The largest absolute Gasteiger partial charge is 0.462 e. The van der Waals surface area contributed by atoms with Crippen molar-refractivity contribution in [1.29, 1.82) is 0 Å². The quantitative estimate of drug-likeness (QED) is 0.514. The fourth-order valence-corrected chi connectivity index (χ4v) is 0.318. The lowest BCUT2D eigenvalue weighted by Gasteiger charge is -1.99. The Morgan fingerprint density at radius 3 is 2.00 bits per heavy atom. The van der Waals surface area contributed by atoms with E-state index in [1.165, 1.54) is 13.0 Å². The van der Waals surface area contributed by atoms with Crippen LogP contribution in [-0.2, 0) is 14.3 Å². The minimum absolute atomic E-state index is 0.0185. The van der Waals surface area contributed by atoms with Crippen LogP contribution in [0.15, 0.2) is 24.8 Å². The minimum Gasteiger partial charge on any atom is -0.462 e. The molecule has 0 aromatic rings. The van der Waals surface area contributed by atoms with Crippen LogP contribution in [0.1, 0.15) is 27.2 Å². The van der Waals surface area contributed by atoms with E-state index in [9.17, 15) is 9.59 Å². The second kappa shape index (κ2) is 9.71. The lowest BCUT2D eigenvalue weighted by atomic mass is 10.4. The van der Waals surface area contributed by atoms with Crippen LogP contribution >= 0.6 is 0 Å². The molecule has 0 amide bonds. The SMILES string of the molecule is C=C(C)C(=O)OCCC.C=CC(C)=O. The average Bonchev–Trinajstić information content (AvgIpc) is 2.14. The van der Waals surface area contributed by atoms with Gasteiger partial charge < -0.3 is 4.74 Å². The molecular formula is C11H18O3. The maximum Gasteiger partial charge on any atom is 0.333 e. The van der Waals surface area contributed by atoms with Crippen LogP contribution < -0.4 is 0 Å². The topological polar surface area (TPSA) is 43.4 Å². The lowest BCUT2D eigenvalue weighted by Crippen LogP contribution is -2.04. The van der Waals surface area contributed by atoms with Gasteiger partial charge in [-0.1, -0.05) is 20.1 Å². The van der Waals surface area contributed by atoms with E-state index in [0.29, 0.717) is 12.2 Å². The maximum atomic E-state index is 10.6. The van der Waals surface area contributed by atoms with Gasteiger partial charge in [-0.25, -0.2) is 4.79 Å². The van der Waals surface area contributed by atoms with Crippen molar-refractivity contribution >= 4 is 11.8 Å². The predicted octanol–water partition coefficient (Wildman–Crippen LogP) is 2.28. The number of hydrogen-bond donors (Lipinski definition) is 0. The molecule has 0 atom stereocenters. The van der Waals surface area contributed by atoms with Crippen molar-refractivity contribution < 1.29 is 14.3 Å². The summed E-state index contributed by atoms with van der Waals surface area (Å²) in [5.41, 5.74) is 0.462. The van der Waals surface area contributed by atoms with Crippen LogP contribution in [0.5, 0.6) is 0 Å². The Balaban J connectivity index is 0. The molecule has 0 heterocycles. The Labute approximate surface area is 85.5 Å². The molecule has 0 unspecified atom stereocenters. The van der Waals surface area contributed by atoms with Crippen LogP contribution in [0, 0.1) is 0 Å².